The molecule has 0 nitrogen and oxygen atoms in total. The fourth-order valence-corrected chi connectivity index (χ4v) is 9.07. The van der Waals surface area contributed by atoms with Gasteiger partial charge < -0.3 is 0 Å². The first-order valence-electron chi connectivity index (χ1n) is 8.56. The van der Waals surface area contributed by atoms with E-state index in [1.165, 1.54) is 23.5 Å². The molecule has 2 unspecified atom stereocenters. The molecule has 2 aliphatic rings. The monoisotopic (exact) mass is 321 g/mol. The maximum absolute atomic E-state index is 4.58. The summed E-state index contributed by atoms with van der Waals surface area (Å²) in [4.78, 5) is 0. The molecule has 0 saturated heterocycles. The normalized spacial score (nSPS) is 23.4. The lowest BCUT2D eigenvalue weighted by molar-refractivity contribution is 1.02. The van der Waals surface area contributed by atoms with Crippen LogP contribution in [0.15, 0.2) is 90.8 Å². The Morgan fingerprint density at radius 3 is 2.52 bits per heavy atom. The average molecular weight is 321 g/mol. The van der Waals surface area contributed by atoms with Crippen LogP contribution >= 0.6 is 7.26 Å². The molecule has 1 aromatic rings. The summed E-state index contributed by atoms with van der Waals surface area (Å²) in [5.41, 5.74) is 1.42. The molecule has 0 amide bonds. The molecule has 3 rings (SSSR count). The molecular formula is C22H26P+. The maximum Gasteiger partial charge on any atom is 0.101 e. The Bertz CT molecular complexity index is 658. The van der Waals surface area contributed by atoms with Gasteiger partial charge in [-0.1, -0.05) is 61.2 Å². The van der Waals surface area contributed by atoms with E-state index >= 15 is 0 Å². The topological polar surface area (TPSA) is 0 Å². The van der Waals surface area contributed by atoms with E-state index < -0.39 is 7.26 Å². The Kier molecular flexibility index (Phi) is 5.13. The van der Waals surface area contributed by atoms with Gasteiger partial charge in [0.2, 0.25) is 0 Å². The first-order valence-corrected chi connectivity index (χ1v) is 10.5. The molecule has 0 bridgehead atoms. The minimum atomic E-state index is -1.47. The summed E-state index contributed by atoms with van der Waals surface area (Å²) in [5.74, 6) is 0. The zero-order valence-electron chi connectivity index (χ0n) is 13.9. The van der Waals surface area contributed by atoms with Crippen LogP contribution in [0.1, 0.15) is 26.2 Å². The van der Waals surface area contributed by atoms with Gasteiger partial charge in [-0.25, -0.2) is 0 Å². The first-order chi connectivity index (χ1) is 11.3. The summed E-state index contributed by atoms with van der Waals surface area (Å²) in [6, 6.07) is 11.2. The highest BCUT2D eigenvalue weighted by atomic mass is 31.2. The van der Waals surface area contributed by atoms with Crippen molar-refractivity contribution in [1.29, 1.82) is 0 Å². The van der Waals surface area contributed by atoms with Crippen molar-refractivity contribution in [2.24, 2.45) is 0 Å². The molecule has 2 aliphatic carbocycles. The minimum Gasteiger partial charge on any atom is -0.0877 e. The molecule has 0 spiro atoms. The molecule has 1 saturated carbocycles. The van der Waals surface area contributed by atoms with Gasteiger partial charge in [-0.05, 0) is 44.1 Å². The second-order valence-electron chi connectivity index (χ2n) is 6.34. The van der Waals surface area contributed by atoms with E-state index in [-0.39, 0.29) is 0 Å². The van der Waals surface area contributed by atoms with Crippen molar-refractivity contribution in [2.45, 2.75) is 37.5 Å². The zero-order valence-corrected chi connectivity index (χ0v) is 14.8. The summed E-state index contributed by atoms with van der Waals surface area (Å²) >= 11 is 0. The van der Waals surface area contributed by atoms with Gasteiger partial charge in [-0.15, -0.1) is 0 Å². The van der Waals surface area contributed by atoms with Gasteiger partial charge in [0.15, 0.2) is 0 Å². The van der Waals surface area contributed by atoms with Crippen molar-refractivity contribution in [3.63, 3.8) is 0 Å². The van der Waals surface area contributed by atoms with Crippen LogP contribution in [0, 0.1) is 0 Å². The average Bonchev–Trinajstić information content (AvgIpc) is 3.43. The highest BCUT2D eigenvalue weighted by molar-refractivity contribution is 7.88. The van der Waals surface area contributed by atoms with Crippen molar-refractivity contribution in [1.82, 2.24) is 0 Å². The van der Waals surface area contributed by atoms with Crippen molar-refractivity contribution in [2.75, 3.05) is 0 Å². The van der Waals surface area contributed by atoms with E-state index in [1.54, 1.807) is 0 Å². The highest BCUT2D eigenvalue weighted by Crippen LogP contribution is 2.78. The van der Waals surface area contributed by atoms with Gasteiger partial charge in [0.05, 0.1) is 18.2 Å². The number of hydrogen-bond donors (Lipinski definition) is 0. The van der Waals surface area contributed by atoms with Crippen molar-refractivity contribution >= 4 is 12.6 Å². The Labute approximate surface area is 141 Å². The van der Waals surface area contributed by atoms with Crippen LogP contribution in [-0.2, 0) is 0 Å². The Balaban J connectivity index is 2.08. The lowest BCUT2D eigenvalue weighted by Gasteiger charge is -2.34. The van der Waals surface area contributed by atoms with Crippen LogP contribution in [0.5, 0.6) is 0 Å². The largest absolute Gasteiger partial charge is 0.101 e. The third-order valence-electron chi connectivity index (χ3n) is 4.85. The molecule has 0 aromatic heterocycles. The second-order valence-corrected chi connectivity index (χ2v) is 10.4. The molecule has 0 radical (unpaired) electrons. The minimum absolute atomic E-state index is 0.602. The van der Waals surface area contributed by atoms with Crippen LogP contribution in [0.3, 0.4) is 0 Å². The third-order valence-corrected chi connectivity index (χ3v) is 10.2. The smallest absolute Gasteiger partial charge is 0.0877 e. The Hall–Kier alpha value is -1.65. The number of benzene rings is 1. The molecule has 2 atom stereocenters. The van der Waals surface area contributed by atoms with E-state index in [2.05, 4.69) is 92.4 Å². The molecule has 0 aliphatic heterocycles. The standard InChI is InChI=1S/C22H26P/c1-3-4-7-12-19(2)23(22-17-18-22,20-13-8-5-9-14-20)21-15-10-6-11-16-21/h3-15,21-22H,2,16-18H2,1H3/q+1/b4-3-,12-7-. The van der Waals surface area contributed by atoms with Crippen molar-refractivity contribution in [3.05, 3.63) is 90.8 Å². The van der Waals surface area contributed by atoms with Crippen LogP contribution in [0.25, 0.3) is 0 Å². The van der Waals surface area contributed by atoms with Crippen LogP contribution in [0.2, 0.25) is 0 Å². The molecule has 1 heteroatoms. The van der Waals surface area contributed by atoms with E-state index in [0.717, 1.165) is 12.1 Å². The van der Waals surface area contributed by atoms with E-state index in [0.29, 0.717) is 5.66 Å². The third kappa shape index (κ3) is 3.19. The predicted molar refractivity (Wildman–Crippen MR) is 106 cm³/mol. The first kappa shape index (κ1) is 16.2. The van der Waals surface area contributed by atoms with E-state index in [1.807, 2.05) is 0 Å². The number of rotatable bonds is 6. The van der Waals surface area contributed by atoms with Crippen molar-refractivity contribution < 1.29 is 0 Å². The van der Waals surface area contributed by atoms with Crippen LogP contribution in [0.4, 0.5) is 0 Å². The Morgan fingerprint density at radius 1 is 1.13 bits per heavy atom. The molecule has 118 valence electrons. The predicted octanol–water partition coefficient (Wildman–Crippen LogP) is 6.02. The highest BCUT2D eigenvalue weighted by Gasteiger charge is 2.59. The van der Waals surface area contributed by atoms with Gasteiger partial charge in [-0.2, -0.15) is 0 Å². The fourth-order valence-electron chi connectivity index (χ4n) is 3.71. The van der Waals surface area contributed by atoms with Gasteiger partial charge >= 0.3 is 0 Å². The van der Waals surface area contributed by atoms with Crippen molar-refractivity contribution in [3.8, 4) is 0 Å². The van der Waals surface area contributed by atoms with Gasteiger partial charge in [0.25, 0.3) is 0 Å². The Morgan fingerprint density at radius 2 is 1.91 bits per heavy atom. The molecular weight excluding hydrogens is 295 g/mol. The van der Waals surface area contributed by atoms with Gasteiger partial charge in [0.1, 0.15) is 11.0 Å². The maximum atomic E-state index is 4.58. The molecule has 23 heavy (non-hydrogen) atoms. The molecule has 1 fully saturated rings. The zero-order chi connectivity index (χ0) is 16.1. The van der Waals surface area contributed by atoms with Gasteiger partial charge in [-0.3, -0.25) is 0 Å². The number of hydrogen-bond acceptors (Lipinski definition) is 0. The van der Waals surface area contributed by atoms with E-state index in [9.17, 15) is 0 Å². The second kappa shape index (κ2) is 7.28. The SMILES string of the molecule is C=C(/C=C\C=C/C)[P+](c1ccccc1)(C1C=CC=CC1)C1CC1. The molecule has 0 heterocycles. The summed E-state index contributed by atoms with van der Waals surface area (Å²) in [5, 5.41) is 2.89. The molecule has 1 aromatic carbocycles. The molecule has 0 N–H and O–H groups in total. The van der Waals surface area contributed by atoms with Crippen LogP contribution < -0.4 is 5.30 Å². The van der Waals surface area contributed by atoms with E-state index in [4.69, 9.17) is 0 Å². The van der Waals surface area contributed by atoms with Crippen LogP contribution in [-0.4, -0.2) is 11.3 Å². The lowest BCUT2D eigenvalue weighted by atomic mass is 10.2. The van der Waals surface area contributed by atoms with Gasteiger partial charge in [0, 0.05) is 6.42 Å². The summed E-state index contributed by atoms with van der Waals surface area (Å²) in [7, 11) is -1.47. The fraction of sp³-hybridized carbons (Fsp3) is 0.273. The summed E-state index contributed by atoms with van der Waals surface area (Å²) in [6.45, 7) is 6.64. The lowest BCUT2D eigenvalue weighted by Crippen LogP contribution is -2.26. The quantitative estimate of drug-likeness (QED) is 0.444. The summed E-state index contributed by atoms with van der Waals surface area (Å²) in [6.07, 6.45) is 21.6. The summed E-state index contributed by atoms with van der Waals surface area (Å²) < 4.78 is 0. The number of allylic oxidation sites excluding steroid dienone is 9.